The van der Waals surface area contributed by atoms with Gasteiger partial charge in [-0.25, -0.2) is 4.98 Å². The summed E-state index contributed by atoms with van der Waals surface area (Å²) in [6, 6.07) is 44.0. The predicted molar refractivity (Wildman–Crippen MR) is 165 cm³/mol. The van der Waals surface area contributed by atoms with E-state index in [9.17, 15) is 0 Å². The van der Waals surface area contributed by atoms with E-state index in [1.165, 1.54) is 16.7 Å². The van der Waals surface area contributed by atoms with Crippen molar-refractivity contribution in [2.45, 2.75) is 13.1 Å². The lowest BCUT2D eigenvalue weighted by Gasteiger charge is -2.14. The smallest absolute Gasteiger partial charge is 0.167 e. The van der Waals surface area contributed by atoms with Gasteiger partial charge in [0.15, 0.2) is 5.58 Å². The zero-order chi connectivity index (χ0) is 27.4. The Labute approximate surface area is 238 Å². The molecule has 0 aliphatic rings. The summed E-state index contributed by atoms with van der Waals surface area (Å²) in [5, 5.41) is 9.06. The van der Waals surface area contributed by atoms with E-state index in [-0.39, 0.29) is 0 Å². The Bertz CT molecular complexity index is 1910. The van der Waals surface area contributed by atoms with E-state index in [0.29, 0.717) is 6.54 Å². The molecule has 0 radical (unpaired) electrons. The lowest BCUT2D eigenvalue weighted by atomic mass is 9.95. The lowest BCUT2D eigenvalue weighted by Crippen LogP contribution is -2.08. The molecule has 0 fully saturated rings. The number of aromatic nitrogens is 3. The Morgan fingerprint density at radius 2 is 1.37 bits per heavy atom. The minimum absolute atomic E-state index is 0.655. The molecule has 0 saturated heterocycles. The number of nitrogens with one attached hydrogen (secondary N) is 1. The van der Waals surface area contributed by atoms with Gasteiger partial charge in [-0.3, -0.25) is 0 Å². The molecule has 5 heteroatoms. The monoisotopic (exact) mass is 532 g/mol. The summed E-state index contributed by atoms with van der Waals surface area (Å²) in [5.41, 5.74) is 10.7. The van der Waals surface area contributed by atoms with Crippen LogP contribution in [-0.2, 0) is 13.1 Å². The summed E-state index contributed by atoms with van der Waals surface area (Å²) in [7, 11) is 0. The van der Waals surface area contributed by atoms with Crippen molar-refractivity contribution >= 4 is 16.7 Å². The molecule has 0 spiro atoms. The third kappa shape index (κ3) is 5.13. The summed E-state index contributed by atoms with van der Waals surface area (Å²) in [4.78, 5) is 4.44. The third-order valence-corrected chi connectivity index (χ3v) is 7.42. The molecule has 1 N–H and O–H groups in total. The highest BCUT2D eigenvalue weighted by Gasteiger charge is 2.16. The van der Waals surface area contributed by atoms with Gasteiger partial charge in [-0.05, 0) is 58.1 Å². The van der Waals surface area contributed by atoms with Crippen molar-refractivity contribution in [1.82, 2.24) is 14.7 Å². The number of fused-ring (bicyclic) bond motifs is 1. The first kappa shape index (κ1) is 24.6. The van der Waals surface area contributed by atoms with Gasteiger partial charge in [-0.2, -0.15) is 0 Å². The summed E-state index contributed by atoms with van der Waals surface area (Å²) in [6.07, 6.45) is 3.83. The van der Waals surface area contributed by atoms with Gasteiger partial charge in [-0.15, -0.1) is 0 Å². The minimum atomic E-state index is 0.655. The first-order valence-corrected chi connectivity index (χ1v) is 13.7. The zero-order valence-electron chi connectivity index (χ0n) is 22.4. The second-order valence-electron chi connectivity index (χ2n) is 10.1. The van der Waals surface area contributed by atoms with Crippen molar-refractivity contribution in [1.29, 1.82) is 0 Å². The molecule has 41 heavy (non-hydrogen) atoms. The molecule has 7 aromatic rings. The number of para-hydroxylation sites is 1. The fraction of sp³-hybridized carbons (Fsp3) is 0.0556. The highest BCUT2D eigenvalue weighted by atomic mass is 16.5. The van der Waals surface area contributed by atoms with Gasteiger partial charge in [0.1, 0.15) is 5.69 Å². The van der Waals surface area contributed by atoms with Gasteiger partial charge in [0.25, 0.3) is 0 Å². The zero-order valence-corrected chi connectivity index (χ0v) is 22.4. The van der Waals surface area contributed by atoms with Gasteiger partial charge in [0.2, 0.25) is 0 Å². The fourth-order valence-electron chi connectivity index (χ4n) is 5.26. The molecular weight excluding hydrogens is 504 g/mol. The Morgan fingerprint density at radius 1 is 0.659 bits per heavy atom. The molecule has 5 nitrogen and oxygen atoms in total. The summed E-state index contributed by atoms with van der Waals surface area (Å²) in [5.74, 6) is 0. The average Bonchev–Trinajstić information content (AvgIpc) is 3.68. The molecule has 0 bridgehead atoms. The summed E-state index contributed by atoms with van der Waals surface area (Å²) < 4.78 is 7.83. The second-order valence-corrected chi connectivity index (χ2v) is 10.1. The Hall–Kier alpha value is -5.42. The van der Waals surface area contributed by atoms with Crippen LogP contribution in [0.25, 0.3) is 44.5 Å². The lowest BCUT2D eigenvalue weighted by molar-refractivity contribution is 0.459. The van der Waals surface area contributed by atoms with E-state index in [2.05, 4.69) is 117 Å². The van der Waals surface area contributed by atoms with E-state index in [0.717, 1.165) is 51.3 Å². The van der Waals surface area contributed by atoms with E-state index < -0.39 is 0 Å². The number of imidazole rings is 1. The van der Waals surface area contributed by atoms with Gasteiger partial charge in [-0.1, -0.05) is 102 Å². The second kappa shape index (κ2) is 11.0. The van der Waals surface area contributed by atoms with Crippen molar-refractivity contribution in [2.75, 3.05) is 5.32 Å². The number of nitrogens with zero attached hydrogens (tertiary/aromatic N) is 3. The Morgan fingerprint density at radius 3 is 2.17 bits per heavy atom. The first-order valence-electron chi connectivity index (χ1n) is 13.7. The number of anilines is 1. The van der Waals surface area contributed by atoms with Crippen molar-refractivity contribution in [3.05, 3.63) is 151 Å². The molecular formula is C36H28N4O. The van der Waals surface area contributed by atoms with Crippen LogP contribution >= 0.6 is 0 Å². The molecule has 2 heterocycles. The normalized spacial score (nSPS) is 11.1. The maximum absolute atomic E-state index is 5.64. The summed E-state index contributed by atoms with van der Waals surface area (Å²) in [6.45, 7) is 1.42. The molecule has 0 aliphatic heterocycles. The van der Waals surface area contributed by atoms with Crippen LogP contribution in [0, 0.1) is 0 Å². The SMILES string of the molecule is c1ccc(-c2ccc(Cn3cncc3CNc3ccc(-c4noc5ccccc45)c(-c4ccccc4)c3)cc2)cc1. The van der Waals surface area contributed by atoms with Gasteiger partial charge in [0.05, 0.1) is 18.6 Å². The topological polar surface area (TPSA) is 55.9 Å². The van der Waals surface area contributed by atoms with Crippen LogP contribution < -0.4 is 5.32 Å². The molecule has 0 saturated carbocycles. The molecule has 2 aromatic heterocycles. The standard InChI is InChI=1S/C36H28N4O/c1-3-9-27(10-4-1)28-17-15-26(16-18-28)24-40-25-37-22-31(40)23-38-30-19-20-32(34(21-30)29-11-5-2-6-12-29)36-33-13-7-8-14-35(33)41-39-36/h1-22,25,38H,23-24H2. The number of hydrogen-bond acceptors (Lipinski definition) is 4. The number of hydrogen-bond donors (Lipinski definition) is 1. The quantitative estimate of drug-likeness (QED) is 0.213. The third-order valence-electron chi connectivity index (χ3n) is 7.42. The predicted octanol–water partition coefficient (Wildman–Crippen LogP) is 8.69. The van der Waals surface area contributed by atoms with Crippen LogP contribution in [0.4, 0.5) is 5.69 Å². The van der Waals surface area contributed by atoms with E-state index in [1.807, 2.05) is 42.9 Å². The van der Waals surface area contributed by atoms with Crippen LogP contribution in [0.3, 0.4) is 0 Å². The minimum Gasteiger partial charge on any atom is -0.379 e. The molecule has 7 rings (SSSR count). The number of rotatable bonds is 8. The average molecular weight is 533 g/mol. The molecule has 198 valence electrons. The van der Waals surface area contributed by atoms with Crippen LogP contribution in [-0.4, -0.2) is 14.7 Å². The van der Waals surface area contributed by atoms with Crippen LogP contribution in [0.1, 0.15) is 11.3 Å². The maximum Gasteiger partial charge on any atom is 0.167 e. The number of benzene rings is 5. The van der Waals surface area contributed by atoms with E-state index >= 15 is 0 Å². The summed E-state index contributed by atoms with van der Waals surface area (Å²) >= 11 is 0. The molecule has 0 amide bonds. The first-order chi connectivity index (χ1) is 20.3. The van der Waals surface area contributed by atoms with Crippen LogP contribution in [0.5, 0.6) is 0 Å². The highest BCUT2D eigenvalue weighted by molar-refractivity contribution is 5.97. The fourth-order valence-corrected chi connectivity index (χ4v) is 5.26. The van der Waals surface area contributed by atoms with Gasteiger partial charge >= 0.3 is 0 Å². The highest BCUT2D eigenvalue weighted by Crippen LogP contribution is 2.37. The van der Waals surface area contributed by atoms with E-state index in [1.54, 1.807) is 0 Å². The van der Waals surface area contributed by atoms with Crippen molar-refractivity contribution in [3.8, 4) is 33.5 Å². The van der Waals surface area contributed by atoms with Crippen molar-refractivity contribution in [2.24, 2.45) is 0 Å². The maximum atomic E-state index is 5.64. The van der Waals surface area contributed by atoms with Crippen LogP contribution in [0.2, 0.25) is 0 Å². The van der Waals surface area contributed by atoms with Gasteiger partial charge < -0.3 is 14.4 Å². The largest absolute Gasteiger partial charge is 0.379 e. The van der Waals surface area contributed by atoms with Crippen molar-refractivity contribution in [3.63, 3.8) is 0 Å². The molecule has 0 aliphatic carbocycles. The Kier molecular flexibility index (Phi) is 6.59. The molecule has 0 atom stereocenters. The Balaban J connectivity index is 1.12. The molecule has 0 unspecified atom stereocenters. The van der Waals surface area contributed by atoms with Gasteiger partial charge in [0, 0.05) is 29.4 Å². The van der Waals surface area contributed by atoms with Crippen LogP contribution in [0.15, 0.2) is 144 Å². The van der Waals surface area contributed by atoms with Crippen molar-refractivity contribution < 1.29 is 4.52 Å². The molecule has 5 aromatic carbocycles. The van der Waals surface area contributed by atoms with E-state index in [4.69, 9.17) is 4.52 Å².